The Morgan fingerprint density at radius 3 is 2.62 bits per heavy atom. The molecule has 2 nitrogen and oxygen atoms in total. The number of hydrogen-bond acceptors (Lipinski definition) is 2. The monoisotopic (exact) mass is 240 g/mol. The molecule has 0 amide bonds. The Labute approximate surface area is 89.3 Å². The minimum atomic E-state index is -2.08. The van der Waals surface area contributed by atoms with Crippen LogP contribution in [0.15, 0.2) is 11.8 Å². The number of halogens is 2. The predicted molar refractivity (Wildman–Crippen MR) is 58.3 cm³/mol. The maximum absolute atomic E-state index is 10.4. The Hall–Kier alpha value is 0.00688. The third-order valence-electron chi connectivity index (χ3n) is 1.23. The average Bonchev–Trinajstić information content (AvgIpc) is 1.93. The summed E-state index contributed by atoms with van der Waals surface area (Å²) in [5, 5.41) is 0. The van der Waals surface area contributed by atoms with E-state index in [9.17, 15) is 4.79 Å². The topological polar surface area (TPSA) is 26.3 Å². The van der Waals surface area contributed by atoms with Gasteiger partial charge in [0.05, 0.1) is 6.61 Å². The number of carbonyl (C=O) groups is 1. The minimum absolute atomic E-state index is 0.238. The summed E-state index contributed by atoms with van der Waals surface area (Å²) >= 11 is 11.7. The van der Waals surface area contributed by atoms with Crippen LogP contribution in [0.2, 0.25) is 6.55 Å². The van der Waals surface area contributed by atoms with Crippen LogP contribution in [-0.2, 0) is 9.53 Å². The second-order valence-corrected chi connectivity index (χ2v) is 10.4. The van der Waals surface area contributed by atoms with E-state index >= 15 is 0 Å². The van der Waals surface area contributed by atoms with Crippen molar-refractivity contribution in [2.45, 2.75) is 26.3 Å². The minimum Gasteiger partial charge on any atom is -0.466 e. The van der Waals surface area contributed by atoms with Crippen molar-refractivity contribution in [2.24, 2.45) is 0 Å². The van der Waals surface area contributed by atoms with Crippen molar-refractivity contribution in [3.05, 3.63) is 11.8 Å². The second-order valence-electron chi connectivity index (χ2n) is 2.84. The lowest BCUT2D eigenvalue weighted by Crippen LogP contribution is -2.07. The molecule has 0 spiro atoms. The van der Waals surface area contributed by atoms with Gasteiger partial charge in [0.2, 0.25) is 0 Å². The molecule has 0 heterocycles. The van der Waals surface area contributed by atoms with Gasteiger partial charge in [-0.05, 0) is 19.4 Å². The van der Waals surface area contributed by atoms with Gasteiger partial charge in [0, 0.05) is 6.92 Å². The first-order chi connectivity index (χ1) is 5.92. The fraction of sp³-hybridized carbons (Fsp3) is 0.625. The molecule has 0 radical (unpaired) electrons. The normalized spacial score (nSPS) is 12.0. The van der Waals surface area contributed by atoms with E-state index in [2.05, 4.69) is 0 Å². The molecule has 0 aliphatic rings. The molecule has 13 heavy (non-hydrogen) atoms. The maximum atomic E-state index is 10.4. The van der Waals surface area contributed by atoms with Crippen LogP contribution in [0, 0.1) is 0 Å². The Morgan fingerprint density at radius 2 is 2.15 bits per heavy atom. The van der Waals surface area contributed by atoms with Crippen molar-refractivity contribution in [3.8, 4) is 0 Å². The lowest BCUT2D eigenvalue weighted by atomic mass is 10.3. The van der Waals surface area contributed by atoms with Gasteiger partial charge in [0.25, 0.3) is 6.69 Å². The number of hydrogen-bond donors (Lipinski definition) is 0. The molecule has 0 aromatic carbocycles. The van der Waals surface area contributed by atoms with Crippen LogP contribution in [0.4, 0.5) is 0 Å². The van der Waals surface area contributed by atoms with Crippen molar-refractivity contribution >= 4 is 34.8 Å². The largest absolute Gasteiger partial charge is 0.466 e. The summed E-state index contributed by atoms with van der Waals surface area (Å²) in [7, 11) is 0. The van der Waals surface area contributed by atoms with Gasteiger partial charge in [0.15, 0.2) is 0 Å². The van der Waals surface area contributed by atoms with Crippen LogP contribution in [0.1, 0.15) is 19.8 Å². The summed E-state index contributed by atoms with van der Waals surface area (Å²) in [6.07, 6.45) is 3.60. The molecule has 0 N–H and O–H groups in total. The van der Waals surface area contributed by atoms with E-state index in [1.54, 1.807) is 0 Å². The van der Waals surface area contributed by atoms with Crippen molar-refractivity contribution < 1.29 is 9.53 Å². The fourth-order valence-electron chi connectivity index (χ4n) is 0.707. The van der Waals surface area contributed by atoms with Crippen LogP contribution in [-0.4, -0.2) is 19.3 Å². The van der Waals surface area contributed by atoms with Crippen LogP contribution in [0.25, 0.3) is 0 Å². The molecule has 0 aromatic rings. The van der Waals surface area contributed by atoms with Gasteiger partial charge >= 0.3 is 5.97 Å². The summed E-state index contributed by atoms with van der Waals surface area (Å²) in [4.78, 5) is 10.4. The van der Waals surface area contributed by atoms with Gasteiger partial charge in [-0.15, -0.1) is 22.2 Å². The number of rotatable bonds is 5. The number of esters is 1. The van der Waals surface area contributed by atoms with Crippen LogP contribution in [0.5, 0.6) is 0 Å². The number of carbonyl (C=O) groups excluding carboxylic acids is 1. The molecular weight excluding hydrogens is 227 g/mol. The first-order valence-electron chi connectivity index (χ1n) is 4.11. The molecule has 0 atom stereocenters. The van der Waals surface area contributed by atoms with Gasteiger partial charge in [-0.1, -0.05) is 11.8 Å². The summed E-state index contributed by atoms with van der Waals surface area (Å²) in [5.41, 5.74) is 1.85. The Morgan fingerprint density at radius 1 is 1.54 bits per heavy atom. The molecule has 0 saturated carbocycles. The van der Waals surface area contributed by atoms with E-state index in [1.807, 2.05) is 18.3 Å². The molecule has 5 heteroatoms. The van der Waals surface area contributed by atoms with Crippen molar-refractivity contribution in [1.82, 2.24) is 0 Å². The molecule has 0 unspecified atom stereocenters. The van der Waals surface area contributed by atoms with Gasteiger partial charge < -0.3 is 4.74 Å². The van der Waals surface area contributed by atoms with Gasteiger partial charge in [0.1, 0.15) is 0 Å². The molecule has 0 bridgehead atoms. The Balaban J connectivity index is 3.36. The number of ether oxygens (including phenoxy) is 1. The van der Waals surface area contributed by atoms with Crippen LogP contribution >= 0.6 is 22.2 Å². The van der Waals surface area contributed by atoms with E-state index in [0.717, 1.165) is 12.8 Å². The van der Waals surface area contributed by atoms with E-state index < -0.39 is 6.69 Å². The zero-order valence-corrected chi connectivity index (χ0v) is 10.4. The zero-order chi connectivity index (χ0) is 10.3. The molecule has 0 aliphatic heterocycles. The van der Waals surface area contributed by atoms with Gasteiger partial charge in [-0.25, -0.2) is 0 Å². The molecule has 0 aliphatic carbocycles. The summed E-state index contributed by atoms with van der Waals surface area (Å²) < 4.78 is 4.75. The average molecular weight is 241 g/mol. The molecule has 0 aromatic heterocycles. The standard InChI is InChI=1S/C8H14Cl2O2Si/c1-8(11)12-6-4-3-5-7-13(2,9)10/h5,7H,3-4,6H2,1-2H3/b7-5-. The summed E-state index contributed by atoms with van der Waals surface area (Å²) in [6, 6.07) is 0. The highest BCUT2D eigenvalue weighted by Crippen LogP contribution is 2.15. The van der Waals surface area contributed by atoms with Crippen LogP contribution < -0.4 is 0 Å². The van der Waals surface area contributed by atoms with E-state index in [0.29, 0.717) is 6.61 Å². The molecular formula is C8H14Cl2O2Si. The van der Waals surface area contributed by atoms with E-state index in [4.69, 9.17) is 26.9 Å². The molecule has 0 saturated heterocycles. The number of unbranched alkanes of at least 4 members (excludes halogenated alkanes) is 1. The first kappa shape index (κ1) is 13.0. The third kappa shape index (κ3) is 12.0. The van der Waals surface area contributed by atoms with Crippen molar-refractivity contribution in [2.75, 3.05) is 6.61 Å². The Bertz CT molecular complexity index is 187. The van der Waals surface area contributed by atoms with Gasteiger partial charge in [-0.3, -0.25) is 4.79 Å². The third-order valence-corrected chi connectivity index (χ3v) is 2.81. The van der Waals surface area contributed by atoms with Gasteiger partial charge in [-0.2, -0.15) is 0 Å². The van der Waals surface area contributed by atoms with E-state index in [-0.39, 0.29) is 5.97 Å². The maximum Gasteiger partial charge on any atom is 0.302 e. The van der Waals surface area contributed by atoms with Crippen molar-refractivity contribution in [1.29, 1.82) is 0 Å². The molecule has 0 rings (SSSR count). The predicted octanol–water partition coefficient (Wildman–Crippen LogP) is 2.97. The summed E-state index contributed by atoms with van der Waals surface area (Å²) in [5.74, 6) is -0.238. The SMILES string of the molecule is CC(=O)OCCC/C=C\[Si](C)(Cl)Cl. The molecule has 0 fully saturated rings. The summed E-state index contributed by atoms with van der Waals surface area (Å²) in [6.45, 7) is 1.61. The van der Waals surface area contributed by atoms with E-state index in [1.165, 1.54) is 6.92 Å². The number of allylic oxidation sites excluding steroid dienone is 1. The second kappa shape index (κ2) is 6.46. The Kier molecular flexibility index (Phi) is 6.46. The lowest BCUT2D eigenvalue weighted by Gasteiger charge is -2.02. The highest BCUT2D eigenvalue weighted by Gasteiger charge is 2.14. The zero-order valence-electron chi connectivity index (χ0n) is 7.85. The van der Waals surface area contributed by atoms with Crippen LogP contribution in [0.3, 0.4) is 0 Å². The quantitative estimate of drug-likeness (QED) is 0.320. The highest BCUT2D eigenvalue weighted by atomic mass is 35.7. The first-order valence-corrected chi connectivity index (χ1v) is 8.71. The fourth-order valence-corrected chi connectivity index (χ4v) is 1.82. The smallest absolute Gasteiger partial charge is 0.302 e. The lowest BCUT2D eigenvalue weighted by molar-refractivity contribution is -0.141. The molecule has 76 valence electrons. The highest BCUT2D eigenvalue weighted by molar-refractivity contribution is 7.47. The van der Waals surface area contributed by atoms with Crippen molar-refractivity contribution in [3.63, 3.8) is 0 Å².